The summed E-state index contributed by atoms with van der Waals surface area (Å²) in [4.78, 5) is 2.48. The van der Waals surface area contributed by atoms with Gasteiger partial charge in [-0.1, -0.05) is 20.8 Å². The first-order valence-corrected chi connectivity index (χ1v) is 6.63. The number of aryl methyl sites for hydroxylation is 1. The summed E-state index contributed by atoms with van der Waals surface area (Å²) >= 11 is 0. The van der Waals surface area contributed by atoms with Gasteiger partial charge in [0.05, 0.1) is 11.4 Å². The zero-order valence-corrected chi connectivity index (χ0v) is 11.4. The van der Waals surface area contributed by atoms with E-state index >= 15 is 0 Å². The molecule has 0 aromatic carbocycles. The summed E-state index contributed by atoms with van der Waals surface area (Å²) in [6, 6.07) is 0.615. The van der Waals surface area contributed by atoms with E-state index in [1.165, 1.54) is 17.8 Å². The molecule has 0 saturated carbocycles. The third-order valence-corrected chi connectivity index (χ3v) is 3.47. The molecule has 0 bridgehead atoms. The Morgan fingerprint density at radius 2 is 2.29 bits per heavy atom. The SMILES string of the molecule is CCC1CN(c2cn(C)nc2C(C)C)CCN1. The van der Waals surface area contributed by atoms with Gasteiger partial charge < -0.3 is 10.2 Å². The predicted molar refractivity (Wildman–Crippen MR) is 71.6 cm³/mol. The molecule has 2 heterocycles. The van der Waals surface area contributed by atoms with Crippen LogP contribution in [0, 0.1) is 0 Å². The highest BCUT2D eigenvalue weighted by atomic mass is 15.3. The third-order valence-electron chi connectivity index (χ3n) is 3.47. The Kier molecular flexibility index (Phi) is 3.72. The molecule has 1 N–H and O–H groups in total. The summed E-state index contributed by atoms with van der Waals surface area (Å²) in [6.07, 6.45) is 3.35. The largest absolute Gasteiger partial charge is 0.366 e. The lowest BCUT2D eigenvalue weighted by Crippen LogP contribution is -2.50. The van der Waals surface area contributed by atoms with Gasteiger partial charge in [0.25, 0.3) is 0 Å². The number of rotatable bonds is 3. The van der Waals surface area contributed by atoms with Gasteiger partial charge in [-0.3, -0.25) is 4.68 Å². The van der Waals surface area contributed by atoms with Crippen LogP contribution in [0.15, 0.2) is 6.20 Å². The van der Waals surface area contributed by atoms with Crippen LogP contribution in [0.1, 0.15) is 38.8 Å². The van der Waals surface area contributed by atoms with Crippen LogP contribution in [0.25, 0.3) is 0 Å². The number of hydrogen-bond donors (Lipinski definition) is 1. The van der Waals surface area contributed by atoms with Crippen LogP contribution < -0.4 is 10.2 Å². The second-order valence-corrected chi connectivity index (χ2v) is 5.23. The lowest BCUT2D eigenvalue weighted by atomic mass is 10.1. The average Bonchev–Trinajstić information content (AvgIpc) is 2.72. The van der Waals surface area contributed by atoms with Crippen LogP contribution in [0.2, 0.25) is 0 Å². The monoisotopic (exact) mass is 236 g/mol. The molecule has 1 aromatic rings. The number of piperazine rings is 1. The number of anilines is 1. The molecule has 2 rings (SSSR count). The van der Waals surface area contributed by atoms with E-state index in [4.69, 9.17) is 0 Å². The molecular weight excluding hydrogens is 212 g/mol. The molecule has 0 radical (unpaired) electrons. The zero-order chi connectivity index (χ0) is 12.4. The molecule has 96 valence electrons. The first-order valence-electron chi connectivity index (χ1n) is 6.63. The number of nitrogens with one attached hydrogen (secondary N) is 1. The Bertz CT molecular complexity index is 369. The van der Waals surface area contributed by atoms with E-state index in [-0.39, 0.29) is 0 Å². The van der Waals surface area contributed by atoms with Gasteiger partial charge in [-0.05, 0) is 12.3 Å². The Labute approximate surface area is 104 Å². The molecule has 0 aliphatic carbocycles. The second kappa shape index (κ2) is 5.08. The van der Waals surface area contributed by atoms with Gasteiger partial charge in [-0.15, -0.1) is 0 Å². The fourth-order valence-corrected chi connectivity index (χ4v) is 2.47. The Morgan fingerprint density at radius 1 is 1.53 bits per heavy atom. The van der Waals surface area contributed by atoms with Crippen molar-refractivity contribution < 1.29 is 0 Å². The molecule has 1 aromatic heterocycles. The zero-order valence-electron chi connectivity index (χ0n) is 11.4. The molecular formula is C13H24N4. The summed E-state index contributed by atoms with van der Waals surface area (Å²) in [5.41, 5.74) is 2.55. The van der Waals surface area contributed by atoms with Crippen molar-refractivity contribution in [1.82, 2.24) is 15.1 Å². The first-order chi connectivity index (χ1) is 8.11. The van der Waals surface area contributed by atoms with Gasteiger partial charge in [0.1, 0.15) is 0 Å². The third kappa shape index (κ3) is 2.63. The van der Waals surface area contributed by atoms with Crippen LogP contribution in [-0.4, -0.2) is 35.5 Å². The second-order valence-electron chi connectivity index (χ2n) is 5.23. The normalized spacial score (nSPS) is 21.2. The van der Waals surface area contributed by atoms with Crippen LogP contribution in [0.5, 0.6) is 0 Å². The van der Waals surface area contributed by atoms with Crippen molar-refractivity contribution in [1.29, 1.82) is 0 Å². The van der Waals surface area contributed by atoms with Crippen LogP contribution in [0.4, 0.5) is 5.69 Å². The van der Waals surface area contributed by atoms with Crippen LogP contribution >= 0.6 is 0 Å². The van der Waals surface area contributed by atoms with Gasteiger partial charge in [-0.25, -0.2) is 0 Å². The van der Waals surface area contributed by atoms with Gasteiger partial charge in [0, 0.05) is 38.9 Å². The molecule has 0 spiro atoms. The Morgan fingerprint density at radius 3 is 2.94 bits per heavy atom. The fraction of sp³-hybridized carbons (Fsp3) is 0.769. The van der Waals surface area contributed by atoms with Gasteiger partial charge in [-0.2, -0.15) is 5.10 Å². The number of aromatic nitrogens is 2. The van der Waals surface area contributed by atoms with Crippen molar-refractivity contribution >= 4 is 5.69 Å². The van der Waals surface area contributed by atoms with Crippen molar-refractivity contribution in [3.05, 3.63) is 11.9 Å². The molecule has 0 amide bonds. The van der Waals surface area contributed by atoms with Crippen LogP contribution in [0.3, 0.4) is 0 Å². The molecule has 4 nitrogen and oxygen atoms in total. The van der Waals surface area contributed by atoms with Crippen molar-refractivity contribution in [3.8, 4) is 0 Å². The summed E-state index contributed by atoms with van der Waals surface area (Å²) in [6.45, 7) is 9.93. The minimum absolute atomic E-state index is 0.487. The summed E-state index contributed by atoms with van der Waals surface area (Å²) < 4.78 is 1.94. The molecule has 1 aliphatic heterocycles. The molecule has 4 heteroatoms. The molecule has 1 atom stereocenters. The summed E-state index contributed by atoms with van der Waals surface area (Å²) in [5.74, 6) is 0.487. The average molecular weight is 236 g/mol. The predicted octanol–water partition coefficient (Wildman–Crippen LogP) is 1.73. The smallest absolute Gasteiger partial charge is 0.0883 e. The molecule has 1 fully saturated rings. The molecule has 1 aliphatic rings. The molecule has 1 unspecified atom stereocenters. The lowest BCUT2D eigenvalue weighted by Gasteiger charge is -2.34. The van der Waals surface area contributed by atoms with E-state index in [1.807, 2.05) is 11.7 Å². The standard InChI is InChI=1S/C13H24N4/c1-5-11-8-17(7-6-14-11)12-9-16(4)15-13(12)10(2)3/h9-11,14H,5-8H2,1-4H3. The molecule has 17 heavy (non-hydrogen) atoms. The first kappa shape index (κ1) is 12.4. The minimum Gasteiger partial charge on any atom is -0.366 e. The van der Waals surface area contributed by atoms with E-state index in [1.54, 1.807) is 0 Å². The summed E-state index contributed by atoms with van der Waals surface area (Å²) in [7, 11) is 2.01. The maximum Gasteiger partial charge on any atom is 0.0883 e. The Hall–Kier alpha value is -1.03. The van der Waals surface area contributed by atoms with E-state index in [2.05, 4.69) is 42.3 Å². The number of hydrogen-bond acceptors (Lipinski definition) is 3. The molecule has 1 saturated heterocycles. The van der Waals surface area contributed by atoms with Crippen molar-refractivity contribution in [2.24, 2.45) is 7.05 Å². The maximum atomic E-state index is 4.59. The van der Waals surface area contributed by atoms with E-state index in [0.29, 0.717) is 12.0 Å². The summed E-state index contributed by atoms with van der Waals surface area (Å²) in [5, 5.41) is 8.15. The number of nitrogens with zero attached hydrogens (tertiary/aromatic N) is 3. The van der Waals surface area contributed by atoms with Crippen molar-refractivity contribution in [2.75, 3.05) is 24.5 Å². The Balaban J connectivity index is 2.20. The van der Waals surface area contributed by atoms with Gasteiger partial charge >= 0.3 is 0 Å². The highest BCUT2D eigenvalue weighted by molar-refractivity contribution is 5.51. The maximum absolute atomic E-state index is 4.59. The minimum atomic E-state index is 0.487. The van der Waals surface area contributed by atoms with Gasteiger partial charge in [0.15, 0.2) is 0 Å². The topological polar surface area (TPSA) is 33.1 Å². The van der Waals surface area contributed by atoms with Crippen molar-refractivity contribution in [3.63, 3.8) is 0 Å². The fourth-order valence-electron chi connectivity index (χ4n) is 2.47. The van der Waals surface area contributed by atoms with Crippen LogP contribution in [-0.2, 0) is 7.05 Å². The van der Waals surface area contributed by atoms with E-state index in [9.17, 15) is 0 Å². The van der Waals surface area contributed by atoms with Crippen molar-refractivity contribution in [2.45, 2.75) is 39.2 Å². The van der Waals surface area contributed by atoms with E-state index < -0.39 is 0 Å². The van der Waals surface area contributed by atoms with E-state index in [0.717, 1.165) is 19.6 Å². The highest BCUT2D eigenvalue weighted by Gasteiger charge is 2.22. The highest BCUT2D eigenvalue weighted by Crippen LogP contribution is 2.26. The van der Waals surface area contributed by atoms with Gasteiger partial charge in [0.2, 0.25) is 0 Å². The lowest BCUT2D eigenvalue weighted by molar-refractivity contribution is 0.446. The quantitative estimate of drug-likeness (QED) is 0.867.